The lowest BCUT2D eigenvalue weighted by molar-refractivity contribution is 0.331. The standard InChI is InChI=1S/C19H19ClN4/c20-18-8-7-16-19(23-18)17(9-10-21-16)22-15-5-3-14(4-6-15)13-24-11-1-2-12-24/h3-10H,1-2,11-13H2,(H,21,22). The molecule has 1 fully saturated rings. The van der Waals surface area contributed by atoms with Crippen molar-refractivity contribution in [1.82, 2.24) is 14.9 Å². The van der Waals surface area contributed by atoms with E-state index in [0.717, 1.165) is 29.0 Å². The molecule has 1 saturated heterocycles. The molecule has 0 amide bonds. The van der Waals surface area contributed by atoms with E-state index in [1.807, 2.05) is 12.1 Å². The summed E-state index contributed by atoms with van der Waals surface area (Å²) >= 11 is 6.02. The van der Waals surface area contributed by atoms with Crippen LogP contribution in [-0.2, 0) is 6.54 Å². The van der Waals surface area contributed by atoms with Crippen molar-refractivity contribution in [2.75, 3.05) is 18.4 Å². The first-order chi connectivity index (χ1) is 11.8. The normalized spacial score (nSPS) is 15.0. The molecule has 0 aliphatic carbocycles. The Labute approximate surface area is 146 Å². The van der Waals surface area contributed by atoms with Crippen LogP contribution in [0.1, 0.15) is 18.4 Å². The first kappa shape index (κ1) is 15.4. The molecule has 3 aromatic rings. The van der Waals surface area contributed by atoms with Gasteiger partial charge in [-0.1, -0.05) is 23.7 Å². The molecule has 1 aliphatic heterocycles. The first-order valence-electron chi connectivity index (χ1n) is 8.27. The highest BCUT2D eigenvalue weighted by Crippen LogP contribution is 2.25. The lowest BCUT2D eigenvalue weighted by atomic mass is 10.2. The molecule has 1 N–H and O–H groups in total. The van der Waals surface area contributed by atoms with Gasteiger partial charge in [0.25, 0.3) is 0 Å². The Morgan fingerprint density at radius 1 is 1.00 bits per heavy atom. The van der Waals surface area contributed by atoms with Crippen LogP contribution in [0.15, 0.2) is 48.7 Å². The van der Waals surface area contributed by atoms with Crippen LogP contribution >= 0.6 is 11.6 Å². The molecule has 122 valence electrons. The van der Waals surface area contributed by atoms with Crippen molar-refractivity contribution in [2.45, 2.75) is 19.4 Å². The maximum absolute atomic E-state index is 6.02. The highest BCUT2D eigenvalue weighted by atomic mass is 35.5. The maximum Gasteiger partial charge on any atom is 0.130 e. The van der Waals surface area contributed by atoms with Gasteiger partial charge in [-0.2, -0.15) is 0 Å². The van der Waals surface area contributed by atoms with Gasteiger partial charge < -0.3 is 5.32 Å². The summed E-state index contributed by atoms with van der Waals surface area (Å²) in [6.45, 7) is 3.47. The van der Waals surface area contributed by atoms with Crippen molar-refractivity contribution >= 4 is 34.0 Å². The summed E-state index contributed by atoms with van der Waals surface area (Å²) in [7, 11) is 0. The fourth-order valence-corrected chi connectivity index (χ4v) is 3.30. The molecule has 0 spiro atoms. The van der Waals surface area contributed by atoms with Crippen LogP contribution in [0.4, 0.5) is 11.4 Å². The number of halogens is 1. The minimum atomic E-state index is 0.472. The third kappa shape index (κ3) is 3.35. The highest BCUT2D eigenvalue weighted by Gasteiger charge is 2.11. The summed E-state index contributed by atoms with van der Waals surface area (Å²) < 4.78 is 0. The minimum Gasteiger partial charge on any atom is -0.354 e. The van der Waals surface area contributed by atoms with Crippen molar-refractivity contribution in [3.63, 3.8) is 0 Å². The molecule has 24 heavy (non-hydrogen) atoms. The van der Waals surface area contributed by atoms with E-state index in [-0.39, 0.29) is 0 Å². The smallest absolute Gasteiger partial charge is 0.130 e. The summed E-state index contributed by atoms with van der Waals surface area (Å²) in [4.78, 5) is 11.2. The predicted octanol–water partition coefficient (Wildman–Crippen LogP) is 4.62. The number of nitrogens with zero attached hydrogens (tertiary/aromatic N) is 3. The second-order valence-corrected chi connectivity index (χ2v) is 6.55. The fourth-order valence-electron chi connectivity index (χ4n) is 3.15. The molecule has 4 nitrogen and oxygen atoms in total. The van der Waals surface area contributed by atoms with Crippen molar-refractivity contribution in [1.29, 1.82) is 0 Å². The number of benzene rings is 1. The zero-order valence-corrected chi connectivity index (χ0v) is 14.1. The van der Waals surface area contributed by atoms with Crippen LogP contribution in [0.3, 0.4) is 0 Å². The van der Waals surface area contributed by atoms with Crippen LogP contribution in [0.25, 0.3) is 11.0 Å². The minimum absolute atomic E-state index is 0.472. The Morgan fingerprint density at radius 2 is 1.79 bits per heavy atom. The summed E-state index contributed by atoms with van der Waals surface area (Å²) in [5, 5.41) is 3.89. The Bertz CT molecular complexity index is 842. The Hall–Kier alpha value is -2.17. The number of hydrogen-bond donors (Lipinski definition) is 1. The molecule has 0 atom stereocenters. The average Bonchev–Trinajstić information content (AvgIpc) is 3.10. The first-order valence-corrected chi connectivity index (χ1v) is 8.65. The molecular formula is C19H19ClN4. The second kappa shape index (κ2) is 6.75. The zero-order valence-electron chi connectivity index (χ0n) is 13.4. The zero-order chi connectivity index (χ0) is 16.4. The van der Waals surface area contributed by atoms with E-state index in [0.29, 0.717) is 5.15 Å². The molecule has 0 unspecified atom stereocenters. The molecule has 2 aromatic heterocycles. The van der Waals surface area contributed by atoms with Gasteiger partial charge in [0.15, 0.2) is 0 Å². The number of anilines is 2. The second-order valence-electron chi connectivity index (χ2n) is 6.17. The lowest BCUT2D eigenvalue weighted by Gasteiger charge is -2.15. The molecule has 5 heteroatoms. The third-order valence-corrected chi connectivity index (χ3v) is 4.60. The van der Waals surface area contributed by atoms with E-state index < -0.39 is 0 Å². The van der Waals surface area contributed by atoms with Crippen LogP contribution in [-0.4, -0.2) is 28.0 Å². The van der Waals surface area contributed by atoms with Gasteiger partial charge in [-0.15, -0.1) is 0 Å². The summed E-state index contributed by atoms with van der Waals surface area (Å²) in [6.07, 6.45) is 4.43. The monoisotopic (exact) mass is 338 g/mol. The molecule has 1 aliphatic rings. The fraction of sp³-hybridized carbons (Fsp3) is 0.263. The van der Waals surface area contributed by atoms with Crippen molar-refractivity contribution < 1.29 is 0 Å². The van der Waals surface area contributed by atoms with E-state index in [1.54, 1.807) is 12.3 Å². The molecule has 0 radical (unpaired) electrons. The summed E-state index contributed by atoms with van der Waals surface area (Å²) in [6, 6.07) is 14.2. The van der Waals surface area contributed by atoms with Crippen molar-refractivity contribution in [3.8, 4) is 0 Å². The van der Waals surface area contributed by atoms with Crippen molar-refractivity contribution in [2.24, 2.45) is 0 Å². The van der Waals surface area contributed by atoms with Gasteiger partial charge in [0.1, 0.15) is 10.7 Å². The molecule has 4 rings (SSSR count). The van der Waals surface area contributed by atoms with E-state index in [4.69, 9.17) is 11.6 Å². The number of likely N-dealkylation sites (tertiary alicyclic amines) is 1. The quantitative estimate of drug-likeness (QED) is 0.704. The number of rotatable bonds is 4. The van der Waals surface area contributed by atoms with Crippen LogP contribution in [0, 0.1) is 0 Å². The third-order valence-electron chi connectivity index (χ3n) is 4.39. The maximum atomic E-state index is 6.02. The number of pyridine rings is 2. The van der Waals surface area contributed by atoms with E-state index in [9.17, 15) is 0 Å². The molecule has 1 aromatic carbocycles. The largest absolute Gasteiger partial charge is 0.354 e. The molecular weight excluding hydrogens is 320 g/mol. The van der Waals surface area contributed by atoms with Gasteiger partial charge >= 0.3 is 0 Å². The van der Waals surface area contributed by atoms with Crippen LogP contribution < -0.4 is 5.32 Å². The van der Waals surface area contributed by atoms with Gasteiger partial charge in [0.05, 0.1) is 11.2 Å². The topological polar surface area (TPSA) is 41.1 Å². The Morgan fingerprint density at radius 3 is 2.58 bits per heavy atom. The predicted molar refractivity (Wildman–Crippen MR) is 98.8 cm³/mol. The molecule has 0 bridgehead atoms. The molecule has 3 heterocycles. The van der Waals surface area contributed by atoms with Gasteiger partial charge in [-0.05, 0) is 61.8 Å². The summed E-state index contributed by atoms with van der Waals surface area (Å²) in [5.74, 6) is 0. The van der Waals surface area contributed by atoms with E-state index in [2.05, 4.69) is 44.5 Å². The lowest BCUT2D eigenvalue weighted by Crippen LogP contribution is -2.18. The van der Waals surface area contributed by atoms with Crippen LogP contribution in [0.5, 0.6) is 0 Å². The van der Waals surface area contributed by atoms with Crippen LogP contribution in [0.2, 0.25) is 5.15 Å². The number of hydrogen-bond acceptors (Lipinski definition) is 4. The van der Waals surface area contributed by atoms with Crippen molar-refractivity contribution in [3.05, 3.63) is 59.4 Å². The van der Waals surface area contributed by atoms with Gasteiger partial charge in [0, 0.05) is 18.4 Å². The molecule has 0 saturated carbocycles. The van der Waals surface area contributed by atoms with Gasteiger partial charge in [-0.25, -0.2) is 4.98 Å². The Balaban J connectivity index is 1.54. The Kier molecular flexibility index (Phi) is 4.32. The SMILES string of the molecule is Clc1ccc2nccc(Nc3ccc(CN4CCCC4)cc3)c2n1. The number of nitrogens with one attached hydrogen (secondary N) is 1. The van der Waals surface area contributed by atoms with E-state index in [1.165, 1.54) is 31.5 Å². The van der Waals surface area contributed by atoms with Gasteiger partial charge in [-0.3, -0.25) is 9.88 Å². The highest BCUT2D eigenvalue weighted by molar-refractivity contribution is 6.29. The average molecular weight is 339 g/mol. The van der Waals surface area contributed by atoms with Gasteiger partial charge in [0.2, 0.25) is 0 Å². The summed E-state index contributed by atoms with van der Waals surface area (Å²) in [5.41, 5.74) is 4.91. The number of fused-ring (bicyclic) bond motifs is 1. The van der Waals surface area contributed by atoms with E-state index >= 15 is 0 Å². The number of aromatic nitrogens is 2.